The van der Waals surface area contributed by atoms with E-state index in [1.165, 1.54) is 32.1 Å². The third kappa shape index (κ3) is 5.52. The van der Waals surface area contributed by atoms with Gasteiger partial charge in [-0.3, -0.25) is 0 Å². The van der Waals surface area contributed by atoms with Crippen LogP contribution in [0.1, 0.15) is 45.4 Å². The average molecular weight is 211 g/mol. The van der Waals surface area contributed by atoms with Crippen LogP contribution in [0.3, 0.4) is 0 Å². The zero-order chi connectivity index (χ0) is 10.9. The van der Waals surface area contributed by atoms with E-state index >= 15 is 0 Å². The third-order valence-electron chi connectivity index (χ3n) is 2.49. The first-order valence-corrected chi connectivity index (χ1v) is 5.81. The van der Waals surface area contributed by atoms with E-state index in [-0.39, 0.29) is 0 Å². The minimum absolute atomic E-state index is 0.587. The Morgan fingerprint density at radius 2 is 2.33 bits per heavy atom. The zero-order valence-electron chi connectivity index (χ0n) is 9.70. The van der Waals surface area contributed by atoms with Gasteiger partial charge in [-0.05, 0) is 13.3 Å². The lowest BCUT2D eigenvalue weighted by Crippen LogP contribution is -2.28. The van der Waals surface area contributed by atoms with Crippen molar-refractivity contribution < 1.29 is 4.52 Å². The number of rotatable bonds is 8. The van der Waals surface area contributed by atoms with Crippen molar-refractivity contribution in [1.29, 1.82) is 0 Å². The van der Waals surface area contributed by atoms with Crippen molar-refractivity contribution in [3.63, 3.8) is 0 Å². The number of hydrogen-bond donors (Lipinski definition) is 1. The molecule has 0 radical (unpaired) electrons. The molecule has 86 valence electrons. The molecule has 4 heteroatoms. The highest BCUT2D eigenvalue weighted by atomic mass is 16.5. The molecule has 0 aliphatic carbocycles. The summed E-state index contributed by atoms with van der Waals surface area (Å²) in [7, 11) is 0. The predicted molar refractivity (Wildman–Crippen MR) is 59.6 cm³/mol. The minimum atomic E-state index is 0.587. The molecule has 0 spiro atoms. The van der Waals surface area contributed by atoms with Crippen LogP contribution in [0.5, 0.6) is 0 Å². The fourth-order valence-electron chi connectivity index (χ4n) is 1.54. The molecule has 0 aliphatic rings. The summed E-state index contributed by atoms with van der Waals surface area (Å²) in [5.74, 6) is 0.781. The molecule has 0 fully saturated rings. The van der Waals surface area contributed by atoms with Crippen LogP contribution in [0.25, 0.3) is 0 Å². The highest BCUT2D eigenvalue weighted by Gasteiger charge is 2.02. The molecule has 1 aromatic heterocycles. The fraction of sp³-hybridized carbons (Fsp3) is 0.818. The summed E-state index contributed by atoms with van der Waals surface area (Å²) in [6.45, 7) is 5.38. The summed E-state index contributed by atoms with van der Waals surface area (Å²) in [5.41, 5.74) is 0. The van der Waals surface area contributed by atoms with Crippen molar-refractivity contribution >= 4 is 0 Å². The summed E-state index contributed by atoms with van der Waals surface area (Å²) < 4.78 is 4.66. The molecule has 1 N–H and O–H groups in total. The molecule has 1 rings (SSSR count). The Morgan fingerprint density at radius 3 is 3.00 bits per heavy atom. The van der Waals surface area contributed by atoms with Crippen LogP contribution in [0.15, 0.2) is 10.9 Å². The Balaban J connectivity index is 1.99. The summed E-state index contributed by atoms with van der Waals surface area (Å²) in [6, 6.07) is 0.587. The van der Waals surface area contributed by atoms with Crippen molar-refractivity contribution in [2.24, 2.45) is 0 Å². The number of hydrogen-bond acceptors (Lipinski definition) is 4. The number of nitrogens with zero attached hydrogens (tertiary/aromatic N) is 2. The predicted octanol–water partition coefficient (Wildman–Crippen LogP) is 2.17. The van der Waals surface area contributed by atoms with E-state index in [0.29, 0.717) is 6.04 Å². The monoisotopic (exact) mass is 211 g/mol. The van der Waals surface area contributed by atoms with Gasteiger partial charge >= 0.3 is 0 Å². The SMILES string of the molecule is CCCCCC(C)NCCc1ncon1. The van der Waals surface area contributed by atoms with Gasteiger partial charge in [-0.25, -0.2) is 0 Å². The lowest BCUT2D eigenvalue weighted by molar-refractivity contribution is 0.407. The quantitative estimate of drug-likeness (QED) is 0.669. The van der Waals surface area contributed by atoms with Crippen molar-refractivity contribution in [2.45, 2.75) is 52.0 Å². The van der Waals surface area contributed by atoms with Gasteiger partial charge in [-0.1, -0.05) is 31.3 Å². The van der Waals surface area contributed by atoms with Gasteiger partial charge in [0.2, 0.25) is 6.39 Å². The van der Waals surface area contributed by atoms with Gasteiger partial charge in [0, 0.05) is 19.0 Å². The van der Waals surface area contributed by atoms with E-state index in [0.717, 1.165) is 18.8 Å². The van der Waals surface area contributed by atoms with E-state index in [1.807, 2.05) is 0 Å². The third-order valence-corrected chi connectivity index (χ3v) is 2.49. The largest absolute Gasteiger partial charge is 0.343 e. The highest BCUT2D eigenvalue weighted by Crippen LogP contribution is 2.02. The van der Waals surface area contributed by atoms with Crippen LogP contribution in [0.2, 0.25) is 0 Å². The number of nitrogens with one attached hydrogen (secondary N) is 1. The van der Waals surface area contributed by atoms with Gasteiger partial charge in [-0.2, -0.15) is 4.98 Å². The van der Waals surface area contributed by atoms with E-state index in [9.17, 15) is 0 Å². The van der Waals surface area contributed by atoms with Gasteiger partial charge < -0.3 is 9.84 Å². The second-order valence-corrected chi connectivity index (χ2v) is 3.95. The first-order valence-electron chi connectivity index (χ1n) is 5.81. The molecule has 1 unspecified atom stereocenters. The van der Waals surface area contributed by atoms with Gasteiger partial charge in [0.05, 0.1) is 0 Å². The maximum absolute atomic E-state index is 4.66. The summed E-state index contributed by atoms with van der Waals surface area (Å²) in [6.07, 6.45) is 7.40. The van der Waals surface area contributed by atoms with Gasteiger partial charge in [-0.15, -0.1) is 0 Å². The number of aromatic nitrogens is 2. The Kier molecular flexibility index (Phi) is 6.00. The van der Waals surface area contributed by atoms with Gasteiger partial charge in [0.1, 0.15) is 0 Å². The molecule has 0 bridgehead atoms. The molecule has 1 heterocycles. The van der Waals surface area contributed by atoms with Crippen LogP contribution in [-0.2, 0) is 6.42 Å². The maximum Gasteiger partial charge on any atom is 0.213 e. The topological polar surface area (TPSA) is 51.0 Å². The number of unbranched alkanes of at least 4 members (excludes halogenated alkanes) is 2. The Hall–Kier alpha value is -0.900. The molecular formula is C11H21N3O. The van der Waals surface area contributed by atoms with Gasteiger partial charge in [0.25, 0.3) is 0 Å². The lowest BCUT2D eigenvalue weighted by Gasteiger charge is -2.12. The standard InChI is InChI=1S/C11H21N3O/c1-3-4-5-6-10(2)12-8-7-11-13-9-15-14-11/h9-10,12H,3-8H2,1-2H3. The molecule has 0 aliphatic heterocycles. The van der Waals surface area contributed by atoms with Crippen LogP contribution < -0.4 is 5.32 Å². The second-order valence-electron chi connectivity index (χ2n) is 3.95. The van der Waals surface area contributed by atoms with Crippen molar-refractivity contribution in [3.8, 4) is 0 Å². The molecule has 4 nitrogen and oxygen atoms in total. The second kappa shape index (κ2) is 7.40. The van der Waals surface area contributed by atoms with E-state index in [2.05, 4.69) is 33.8 Å². The van der Waals surface area contributed by atoms with Crippen LogP contribution >= 0.6 is 0 Å². The minimum Gasteiger partial charge on any atom is -0.343 e. The smallest absolute Gasteiger partial charge is 0.213 e. The lowest BCUT2D eigenvalue weighted by atomic mass is 10.1. The molecule has 1 atom stereocenters. The van der Waals surface area contributed by atoms with E-state index < -0.39 is 0 Å². The van der Waals surface area contributed by atoms with Crippen LogP contribution in [0.4, 0.5) is 0 Å². The first-order chi connectivity index (χ1) is 7.33. The normalized spacial score (nSPS) is 12.9. The molecule has 0 aromatic carbocycles. The van der Waals surface area contributed by atoms with Crippen LogP contribution in [0, 0.1) is 0 Å². The Bertz CT molecular complexity index is 236. The maximum atomic E-state index is 4.66. The van der Waals surface area contributed by atoms with Crippen molar-refractivity contribution in [3.05, 3.63) is 12.2 Å². The molecule has 1 aromatic rings. The molecular weight excluding hydrogens is 190 g/mol. The molecule has 15 heavy (non-hydrogen) atoms. The zero-order valence-corrected chi connectivity index (χ0v) is 9.70. The summed E-state index contributed by atoms with van der Waals surface area (Å²) >= 11 is 0. The Morgan fingerprint density at radius 1 is 1.47 bits per heavy atom. The first kappa shape index (κ1) is 12.2. The molecule has 0 amide bonds. The van der Waals surface area contributed by atoms with Crippen molar-refractivity contribution in [1.82, 2.24) is 15.5 Å². The fourth-order valence-corrected chi connectivity index (χ4v) is 1.54. The van der Waals surface area contributed by atoms with E-state index in [4.69, 9.17) is 0 Å². The van der Waals surface area contributed by atoms with E-state index in [1.54, 1.807) is 0 Å². The molecule has 0 saturated heterocycles. The van der Waals surface area contributed by atoms with Gasteiger partial charge in [0.15, 0.2) is 5.82 Å². The molecule has 0 saturated carbocycles. The van der Waals surface area contributed by atoms with Crippen molar-refractivity contribution in [2.75, 3.05) is 6.54 Å². The Labute approximate surface area is 91.5 Å². The van der Waals surface area contributed by atoms with Crippen LogP contribution in [-0.4, -0.2) is 22.7 Å². The summed E-state index contributed by atoms with van der Waals surface area (Å²) in [4.78, 5) is 3.97. The summed E-state index contributed by atoms with van der Waals surface area (Å²) in [5, 5.41) is 7.22. The average Bonchev–Trinajstić information content (AvgIpc) is 2.71. The highest BCUT2D eigenvalue weighted by molar-refractivity contribution is 4.79.